The number of hydrogen-bond acceptors (Lipinski definition) is 5. The molecular formula is C18H14F3N3O3. The number of para-hydroxylation sites is 1. The number of carbonyl (C=O) groups is 1. The van der Waals surface area contributed by atoms with Crippen molar-refractivity contribution in [2.24, 2.45) is 0 Å². The number of alkyl halides is 3. The summed E-state index contributed by atoms with van der Waals surface area (Å²) in [6.07, 6.45) is -4.69. The third kappa shape index (κ3) is 4.25. The zero-order valence-electron chi connectivity index (χ0n) is 14.1. The van der Waals surface area contributed by atoms with Crippen LogP contribution in [0, 0.1) is 0 Å². The molecule has 140 valence electrons. The Bertz CT molecular complexity index is 937. The monoisotopic (exact) mass is 377 g/mol. The number of amides is 1. The molecule has 0 aliphatic heterocycles. The van der Waals surface area contributed by atoms with Gasteiger partial charge in [-0.2, -0.15) is 18.2 Å². The van der Waals surface area contributed by atoms with Crippen LogP contribution >= 0.6 is 0 Å². The van der Waals surface area contributed by atoms with Gasteiger partial charge in [-0.25, -0.2) is 0 Å². The molecule has 9 heteroatoms. The van der Waals surface area contributed by atoms with Gasteiger partial charge in [-0.05, 0) is 17.7 Å². The predicted molar refractivity (Wildman–Crippen MR) is 88.9 cm³/mol. The van der Waals surface area contributed by atoms with E-state index >= 15 is 0 Å². The first-order valence-corrected chi connectivity index (χ1v) is 7.80. The molecule has 6 nitrogen and oxygen atoms in total. The van der Waals surface area contributed by atoms with Gasteiger partial charge in [0.25, 0.3) is 5.91 Å². The first-order chi connectivity index (χ1) is 12.9. The smallest absolute Gasteiger partial charge is 0.471 e. The second-order valence-corrected chi connectivity index (χ2v) is 5.50. The van der Waals surface area contributed by atoms with Crippen LogP contribution in [0.4, 0.5) is 13.2 Å². The summed E-state index contributed by atoms with van der Waals surface area (Å²) < 4.78 is 46.9. The number of nitrogens with one attached hydrogen (secondary N) is 1. The molecule has 0 aliphatic carbocycles. The van der Waals surface area contributed by atoms with E-state index in [1.165, 1.54) is 7.11 Å². The fourth-order valence-corrected chi connectivity index (χ4v) is 2.34. The van der Waals surface area contributed by atoms with Crippen molar-refractivity contribution < 1.29 is 27.2 Å². The van der Waals surface area contributed by atoms with Crippen LogP contribution in [0.15, 0.2) is 53.1 Å². The summed E-state index contributed by atoms with van der Waals surface area (Å²) in [5, 5.41) is 6.08. The quantitative estimate of drug-likeness (QED) is 0.734. The largest absolute Gasteiger partial charge is 0.496 e. The Kier molecular flexibility index (Phi) is 5.11. The van der Waals surface area contributed by atoms with Gasteiger partial charge >= 0.3 is 12.1 Å². The van der Waals surface area contributed by atoms with Crippen molar-refractivity contribution in [2.45, 2.75) is 12.7 Å². The van der Waals surface area contributed by atoms with Crippen molar-refractivity contribution in [1.82, 2.24) is 15.5 Å². The van der Waals surface area contributed by atoms with Gasteiger partial charge in [0.2, 0.25) is 5.82 Å². The molecule has 1 aromatic heterocycles. The van der Waals surface area contributed by atoms with Gasteiger partial charge in [0.15, 0.2) is 0 Å². The number of rotatable bonds is 5. The summed E-state index contributed by atoms with van der Waals surface area (Å²) in [7, 11) is 1.48. The number of carbonyl (C=O) groups excluding carboxylic acids is 1. The van der Waals surface area contributed by atoms with Gasteiger partial charge in [0, 0.05) is 12.1 Å². The normalized spacial score (nSPS) is 11.3. The third-order valence-electron chi connectivity index (χ3n) is 3.69. The second kappa shape index (κ2) is 7.48. The van der Waals surface area contributed by atoms with Crippen molar-refractivity contribution in [3.05, 3.63) is 65.5 Å². The lowest BCUT2D eigenvalue weighted by Crippen LogP contribution is -2.23. The molecule has 1 amide bonds. The molecule has 1 N–H and O–H groups in total. The number of methoxy groups -OCH3 is 1. The van der Waals surface area contributed by atoms with E-state index in [9.17, 15) is 18.0 Å². The maximum atomic E-state index is 12.5. The van der Waals surface area contributed by atoms with Crippen molar-refractivity contribution >= 4 is 5.91 Å². The zero-order chi connectivity index (χ0) is 19.4. The van der Waals surface area contributed by atoms with Crippen LogP contribution in [0.2, 0.25) is 0 Å². The highest BCUT2D eigenvalue weighted by Gasteiger charge is 2.38. The fraction of sp³-hybridized carbons (Fsp3) is 0.167. The number of aromatic nitrogens is 2. The minimum absolute atomic E-state index is 0.160. The first kappa shape index (κ1) is 18.4. The minimum atomic E-state index is -4.69. The van der Waals surface area contributed by atoms with Crippen molar-refractivity contribution in [1.29, 1.82) is 0 Å². The average Bonchev–Trinajstić information content (AvgIpc) is 3.17. The van der Waals surface area contributed by atoms with E-state index in [1.54, 1.807) is 48.5 Å². The van der Waals surface area contributed by atoms with Gasteiger partial charge in [-0.15, -0.1) is 0 Å². The summed E-state index contributed by atoms with van der Waals surface area (Å²) in [6, 6.07) is 13.2. The number of nitrogens with zero attached hydrogens (tertiary/aromatic N) is 2. The zero-order valence-corrected chi connectivity index (χ0v) is 14.1. The van der Waals surface area contributed by atoms with E-state index in [2.05, 4.69) is 20.0 Å². The Morgan fingerprint density at radius 1 is 1.15 bits per heavy atom. The van der Waals surface area contributed by atoms with E-state index in [1.807, 2.05) is 0 Å². The van der Waals surface area contributed by atoms with Crippen LogP contribution in [0.5, 0.6) is 5.75 Å². The van der Waals surface area contributed by atoms with Gasteiger partial charge in [-0.1, -0.05) is 41.6 Å². The Hall–Kier alpha value is -3.36. The fourth-order valence-electron chi connectivity index (χ4n) is 2.34. The predicted octanol–water partition coefficient (Wildman–Crippen LogP) is 3.69. The highest BCUT2D eigenvalue weighted by Crippen LogP contribution is 2.29. The molecule has 27 heavy (non-hydrogen) atoms. The third-order valence-corrected chi connectivity index (χ3v) is 3.69. The van der Waals surface area contributed by atoms with E-state index in [0.29, 0.717) is 16.9 Å². The van der Waals surface area contributed by atoms with Gasteiger partial charge in [0.05, 0.1) is 12.7 Å². The first-order valence-electron chi connectivity index (χ1n) is 7.80. The number of benzene rings is 2. The molecule has 0 aliphatic rings. The molecule has 2 aromatic carbocycles. The highest BCUT2D eigenvalue weighted by molar-refractivity contribution is 5.96. The summed E-state index contributed by atoms with van der Waals surface area (Å²) in [4.78, 5) is 15.6. The van der Waals surface area contributed by atoms with Crippen LogP contribution in [-0.4, -0.2) is 23.2 Å². The molecule has 3 rings (SSSR count). The Morgan fingerprint density at radius 3 is 2.48 bits per heavy atom. The lowest BCUT2D eigenvalue weighted by Gasteiger charge is -2.09. The molecule has 0 saturated heterocycles. The van der Waals surface area contributed by atoms with Gasteiger partial charge in [0.1, 0.15) is 5.75 Å². The number of hydrogen-bond donors (Lipinski definition) is 1. The van der Waals surface area contributed by atoms with Crippen molar-refractivity contribution in [3.63, 3.8) is 0 Å². The maximum Gasteiger partial charge on any atom is 0.471 e. The summed E-state index contributed by atoms with van der Waals surface area (Å²) in [5.41, 5.74) is 1.53. The lowest BCUT2D eigenvalue weighted by molar-refractivity contribution is -0.159. The lowest BCUT2D eigenvalue weighted by atomic mass is 10.1. The van der Waals surface area contributed by atoms with E-state index in [-0.39, 0.29) is 18.3 Å². The van der Waals surface area contributed by atoms with Crippen LogP contribution in [-0.2, 0) is 12.7 Å². The van der Waals surface area contributed by atoms with E-state index < -0.39 is 12.1 Å². The standard InChI is InChI=1S/C18H14F3N3O3/c1-26-14-5-3-2-4-13(14)16(25)22-10-11-6-8-12(9-7-11)15-23-17(27-24-15)18(19,20)21/h2-9H,10H2,1H3,(H,22,25). The summed E-state index contributed by atoms with van der Waals surface area (Å²) in [6.45, 7) is 0.233. The molecule has 0 unspecified atom stereocenters. The molecule has 3 aromatic rings. The Balaban J connectivity index is 1.66. The highest BCUT2D eigenvalue weighted by atomic mass is 19.4. The number of ether oxygens (including phenoxy) is 1. The topological polar surface area (TPSA) is 77.2 Å². The van der Waals surface area contributed by atoms with Crippen molar-refractivity contribution in [3.8, 4) is 17.1 Å². The van der Waals surface area contributed by atoms with Gasteiger partial charge < -0.3 is 14.6 Å². The molecule has 0 radical (unpaired) electrons. The van der Waals surface area contributed by atoms with Gasteiger partial charge in [-0.3, -0.25) is 4.79 Å². The van der Waals surface area contributed by atoms with E-state index in [4.69, 9.17) is 4.74 Å². The molecule has 0 saturated carbocycles. The minimum Gasteiger partial charge on any atom is -0.496 e. The number of halogens is 3. The Morgan fingerprint density at radius 2 is 1.85 bits per heavy atom. The van der Waals surface area contributed by atoms with Crippen LogP contribution in [0.1, 0.15) is 21.8 Å². The maximum absolute atomic E-state index is 12.5. The molecular weight excluding hydrogens is 363 g/mol. The average molecular weight is 377 g/mol. The molecule has 0 spiro atoms. The summed E-state index contributed by atoms with van der Waals surface area (Å²) >= 11 is 0. The SMILES string of the molecule is COc1ccccc1C(=O)NCc1ccc(-c2noc(C(F)(F)F)n2)cc1. The Labute approximate surface area is 152 Å². The molecule has 0 bridgehead atoms. The van der Waals surface area contributed by atoms with Crippen LogP contribution in [0.25, 0.3) is 11.4 Å². The molecule has 0 atom stereocenters. The van der Waals surface area contributed by atoms with Crippen molar-refractivity contribution in [2.75, 3.05) is 7.11 Å². The molecule has 1 heterocycles. The van der Waals surface area contributed by atoms with Crippen LogP contribution in [0.3, 0.4) is 0 Å². The second-order valence-electron chi connectivity index (χ2n) is 5.50. The molecule has 0 fully saturated rings. The summed E-state index contributed by atoms with van der Waals surface area (Å²) in [5.74, 6) is -1.40. The van der Waals surface area contributed by atoms with E-state index in [0.717, 1.165) is 5.56 Å². The van der Waals surface area contributed by atoms with Crippen LogP contribution < -0.4 is 10.1 Å².